The predicted octanol–water partition coefficient (Wildman–Crippen LogP) is 4.08. The van der Waals surface area contributed by atoms with Crippen LogP contribution in [0.1, 0.15) is 29.7 Å². The lowest BCUT2D eigenvalue weighted by atomic mass is 10.1. The summed E-state index contributed by atoms with van der Waals surface area (Å²) in [6.07, 6.45) is 0. The van der Waals surface area contributed by atoms with Crippen molar-refractivity contribution in [3.05, 3.63) is 64.7 Å². The third-order valence-corrected chi connectivity index (χ3v) is 4.31. The van der Waals surface area contributed by atoms with Crippen LogP contribution >= 0.6 is 24.0 Å². The zero-order chi connectivity index (χ0) is 20.7. The van der Waals surface area contributed by atoms with Crippen LogP contribution in [0.5, 0.6) is 5.75 Å². The molecule has 160 valence electrons. The monoisotopic (exact) mass is 518 g/mol. The van der Waals surface area contributed by atoms with Crippen LogP contribution < -0.4 is 15.4 Å². The molecule has 2 aromatic carbocycles. The van der Waals surface area contributed by atoms with E-state index >= 15 is 0 Å². The molecule has 1 unspecified atom stereocenters. The molecule has 2 N–H and O–H groups in total. The first-order valence-corrected chi connectivity index (χ1v) is 9.06. The van der Waals surface area contributed by atoms with Gasteiger partial charge in [-0.15, -0.1) is 24.0 Å². The normalized spacial score (nSPS) is 12.3. The highest BCUT2D eigenvalue weighted by atomic mass is 127. The number of nitrogens with zero attached hydrogens (tertiary/aromatic N) is 2. The third-order valence-electron chi connectivity index (χ3n) is 4.31. The Morgan fingerprint density at radius 3 is 2.45 bits per heavy atom. The molecule has 0 aliphatic heterocycles. The SMILES string of the molecule is CN=C(NCc1ccc(F)c(CN(C)C)c1)NC(C)c1ccc(OC)c(F)c1.I. The summed E-state index contributed by atoms with van der Waals surface area (Å²) in [6, 6.07) is 9.76. The van der Waals surface area contributed by atoms with Crippen molar-refractivity contribution in [1.82, 2.24) is 15.5 Å². The molecule has 29 heavy (non-hydrogen) atoms. The van der Waals surface area contributed by atoms with Crippen LogP contribution in [0.4, 0.5) is 8.78 Å². The van der Waals surface area contributed by atoms with E-state index in [1.807, 2.05) is 32.0 Å². The maximum Gasteiger partial charge on any atom is 0.191 e. The van der Waals surface area contributed by atoms with E-state index in [-0.39, 0.29) is 41.6 Å². The Labute approximate surface area is 188 Å². The van der Waals surface area contributed by atoms with Gasteiger partial charge in [0.2, 0.25) is 0 Å². The molecular formula is C21H29F2IN4O. The fraction of sp³-hybridized carbons (Fsp3) is 0.381. The summed E-state index contributed by atoms with van der Waals surface area (Å²) in [5.74, 6) is 0.164. The van der Waals surface area contributed by atoms with E-state index in [9.17, 15) is 8.78 Å². The van der Waals surface area contributed by atoms with Crippen LogP contribution in [0.2, 0.25) is 0 Å². The van der Waals surface area contributed by atoms with Crippen LogP contribution in [0.15, 0.2) is 41.4 Å². The van der Waals surface area contributed by atoms with Gasteiger partial charge in [-0.3, -0.25) is 4.99 Å². The highest BCUT2D eigenvalue weighted by molar-refractivity contribution is 14.0. The minimum absolute atomic E-state index is 0. The molecular weight excluding hydrogens is 489 g/mol. The fourth-order valence-electron chi connectivity index (χ4n) is 2.82. The first-order chi connectivity index (χ1) is 13.3. The van der Waals surface area contributed by atoms with Crippen molar-refractivity contribution in [2.75, 3.05) is 28.3 Å². The van der Waals surface area contributed by atoms with Gasteiger partial charge < -0.3 is 20.3 Å². The molecule has 0 bridgehead atoms. The Bertz CT molecular complexity index is 830. The van der Waals surface area contributed by atoms with Gasteiger partial charge in [-0.05, 0) is 56.4 Å². The van der Waals surface area contributed by atoms with Gasteiger partial charge in [0.05, 0.1) is 13.2 Å². The second-order valence-corrected chi connectivity index (χ2v) is 6.85. The van der Waals surface area contributed by atoms with Crippen molar-refractivity contribution >= 4 is 29.9 Å². The first kappa shape index (κ1) is 25.1. The van der Waals surface area contributed by atoms with Crippen LogP contribution in [-0.2, 0) is 13.1 Å². The summed E-state index contributed by atoms with van der Waals surface area (Å²) >= 11 is 0. The lowest BCUT2D eigenvalue weighted by molar-refractivity contribution is 0.386. The number of guanidine groups is 1. The van der Waals surface area contributed by atoms with Crippen LogP contribution in [0.25, 0.3) is 0 Å². The zero-order valence-corrected chi connectivity index (χ0v) is 19.8. The van der Waals surface area contributed by atoms with Gasteiger partial charge in [-0.2, -0.15) is 0 Å². The summed E-state index contributed by atoms with van der Waals surface area (Å²) in [5.41, 5.74) is 2.37. The smallest absolute Gasteiger partial charge is 0.191 e. The largest absolute Gasteiger partial charge is 0.494 e. The quantitative estimate of drug-likeness (QED) is 0.330. The van der Waals surface area contributed by atoms with Crippen molar-refractivity contribution in [1.29, 1.82) is 0 Å². The lowest BCUT2D eigenvalue weighted by Crippen LogP contribution is -2.38. The van der Waals surface area contributed by atoms with E-state index in [1.165, 1.54) is 19.2 Å². The molecule has 5 nitrogen and oxygen atoms in total. The zero-order valence-electron chi connectivity index (χ0n) is 17.4. The van der Waals surface area contributed by atoms with Crippen LogP contribution in [-0.4, -0.2) is 39.1 Å². The summed E-state index contributed by atoms with van der Waals surface area (Å²) in [5, 5.41) is 6.43. The average molecular weight is 518 g/mol. The van der Waals surface area contributed by atoms with Gasteiger partial charge in [-0.1, -0.05) is 12.1 Å². The molecule has 0 radical (unpaired) electrons. The molecule has 0 heterocycles. The summed E-state index contributed by atoms with van der Waals surface area (Å²) in [4.78, 5) is 6.13. The molecule has 0 fully saturated rings. The van der Waals surface area contributed by atoms with Crippen molar-refractivity contribution in [2.24, 2.45) is 4.99 Å². The Morgan fingerprint density at radius 1 is 1.14 bits per heavy atom. The maximum absolute atomic E-state index is 13.9. The minimum Gasteiger partial charge on any atom is -0.494 e. The first-order valence-electron chi connectivity index (χ1n) is 9.06. The number of ether oxygens (including phenoxy) is 1. The molecule has 0 aliphatic carbocycles. The number of hydrogen-bond donors (Lipinski definition) is 2. The number of benzene rings is 2. The number of methoxy groups -OCH3 is 1. The Hall–Kier alpha value is -1.94. The number of rotatable bonds is 7. The Balaban J connectivity index is 0.00000420. The van der Waals surface area contributed by atoms with Crippen molar-refractivity contribution in [2.45, 2.75) is 26.1 Å². The molecule has 1 atom stereocenters. The van der Waals surface area contributed by atoms with E-state index < -0.39 is 5.82 Å². The number of halogens is 3. The highest BCUT2D eigenvalue weighted by Crippen LogP contribution is 2.21. The van der Waals surface area contributed by atoms with Gasteiger partial charge in [-0.25, -0.2) is 8.78 Å². The molecule has 2 aromatic rings. The van der Waals surface area contributed by atoms with E-state index in [4.69, 9.17) is 4.74 Å². The van der Waals surface area contributed by atoms with E-state index in [0.717, 1.165) is 11.1 Å². The second-order valence-electron chi connectivity index (χ2n) is 6.85. The van der Waals surface area contributed by atoms with Gasteiger partial charge in [0.25, 0.3) is 0 Å². The van der Waals surface area contributed by atoms with Gasteiger partial charge in [0, 0.05) is 25.7 Å². The number of aliphatic imine (C=N–C) groups is 1. The van der Waals surface area contributed by atoms with Crippen molar-refractivity contribution in [3.8, 4) is 5.75 Å². The van der Waals surface area contributed by atoms with Gasteiger partial charge >= 0.3 is 0 Å². The van der Waals surface area contributed by atoms with Crippen LogP contribution in [0, 0.1) is 11.6 Å². The third kappa shape index (κ3) is 7.43. The van der Waals surface area contributed by atoms with Gasteiger partial charge in [0.1, 0.15) is 5.82 Å². The van der Waals surface area contributed by atoms with Crippen LogP contribution in [0.3, 0.4) is 0 Å². The highest BCUT2D eigenvalue weighted by Gasteiger charge is 2.12. The number of hydrogen-bond acceptors (Lipinski definition) is 3. The lowest BCUT2D eigenvalue weighted by Gasteiger charge is -2.19. The minimum atomic E-state index is -0.406. The molecule has 0 aliphatic rings. The summed E-state index contributed by atoms with van der Waals surface area (Å²) < 4.78 is 32.8. The topological polar surface area (TPSA) is 48.9 Å². The predicted molar refractivity (Wildman–Crippen MR) is 124 cm³/mol. The summed E-state index contributed by atoms with van der Waals surface area (Å²) in [7, 11) is 6.91. The van der Waals surface area contributed by atoms with E-state index in [1.54, 1.807) is 25.2 Å². The molecule has 8 heteroatoms. The average Bonchev–Trinajstić information content (AvgIpc) is 2.66. The molecule has 0 amide bonds. The Morgan fingerprint density at radius 2 is 1.86 bits per heavy atom. The molecule has 0 aromatic heterocycles. The van der Waals surface area contributed by atoms with E-state index in [0.29, 0.717) is 24.6 Å². The number of nitrogens with one attached hydrogen (secondary N) is 2. The maximum atomic E-state index is 13.9. The van der Waals surface area contributed by atoms with Crippen molar-refractivity contribution < 1.29 is 13.5 Å². The molecule has 0 saturated heterocycles. The standard InChI is InChI=1S/C21H28F2N4O.HI/c1-14(16-7-9-20(28-5)19(23)11-16)26-21(24-2)25-12-15-6-8-18(22)17(10-15)13-27(3)4;/h6-11,14H,12-13H2,1-5H3,(H2,24,25,26);1H. The molecule has 2 rings (SSSR count). The van der Waals surface area contributed by atoms with Crippen molar-refractivity contribution in [3.63, 3.8) is 0 Å². The van der Waals surface area contributed by atoms with Gasteiger partial charge in [0.15, 0.2) is 17.5 Å². The molecule has 0 spiro atoms. The Kier molecular flexibility index (Phi) is 10.3. The van der Waals surface area contributed by atoms with E-state index in [2.05, 4.69) is 15.6 Å². The molecule has 0 saturated carbocycles. The summed E-state index contributed by atoms with van der Waals surface area (Å²) in [6.45, 7) is 2.94. The fourth-order valence-corrected chi connectivity index (χ4v) is 2.82. The second kappa shape index (κ2) is 11.9.